The van der Waals surface area contributed by atoms with Gasteiger partial charge in [0.1, 0.15) is 6.54 Å². The zero-order valence-corrected chi connectivity index (χ0v) is 20.7. The number of anilines is 2. The van der Waals surface area contributed by atoms with E-state index in [4.69, 9.17) is 11.6 Å². The number of para-hydroxylation sites is 2. The maximum atomic E-state index is 12.8. The minimum absolute atomic E-state index is 0.0914. The SMILES string of the molecule is O=C(O)CC1CCC(=O)N(CC(=O)NCCCCCNc2nc3ccccc3[nH]2)c2ccc(Cl)cc21. The van der Waals surface area contributed by atoms with Gasteiger partial charge in [0.05, 0.1) is 17.5 Å². The van der Waals surface area contributed by atoms with Gasteiger partial charge in [0.2, 0.25) is 17.8 Å². The average molecular weight is 512 g/mol. The quantitative estimate of drug-likeness (QED) is 0.284. The average Bonchev–Trinajstić information content (AvgIpc) is 3.22. The van der Waals surface area contributed by atoms with Crippen molar-refractivity contribution in [2.75, 3.05) is 29.9 Å². The van der Waals surface area contributed by atoms with Crippen molar-refractivity contribution in [2.45, 2.75) is 44.4 Å². The Balaban J connectivity index is 1.23. The largest absolute Gasteiger partial charge is 0.481 e. The smallest absolute Gasteiger partial charge is 0.303 e. The number of halogens is 1. The van der Waals surface area contributed by atoms with Crippen LogP contribution in [-0.4, -0.2) is 52.5 Å². The number of carboxylic acid groups (broad SMARTS) is 1. The van der Waals surface area contributed by atoms with Crippen molar-refractivity contribution in [1.82, 2.24) is 15.3 Å². The van der Waals surface area contributed by atoms with Crippen molar-refractivity contribution in [1.29, 1.82) is 0 Å². The highest BCUT2D eigenvalue weighted by Gasteiger charge is 2.30. The zero-order valence-electron chi connectivity index (χ0n) is 19.9. The third-order valence-corrected chi connectivity index (χ3v) is 6.54. The third kappa shape index (κ3) is 6.54. The number of fused-ring (bicyclic) bond motifs is 2. The molecular weight excluding hydrogens is 482 g/mol. The Morgan fingerprint density at radius 3 is 2.75 bits per heavy atom. The molecule has 36 heavy (non-hydrogen) atoms. The number of carbonyl (C=O) groups excluding carboxylic acids is 2. The van der Waals surface area contributed by atoms with Crippen molar-refractivity contribution in [2.24, 2.45) is 0 Å². The molecule has 1 unspecified atom stereocenters. The predicted molar refractivity (Wildman–Crippen MR) is 139 cm³/mol. The number of aliphatic carboxylic acids is 1. The molecule has 4 N–H and O–H groups in total. The van der Waals surface area contributed by atoms with Crippen molar-refractivity contribution >= 4 is 52.1 Å². The molecule has 0 saturated carbocycles. The van der Waals surface area contributed by atoms with Crippen LogP contribution in [0.1, 0.15) is 50.0 Å². The van der Waals surface area contributed by atoms with E-state index in [0.717, 1.165) is 42.8 Å². The van der Waals surface area contributed by atoms with Crippen molar-refractivity contribution < 1.29 is 19.5 Å². The molecule has 1 aliphatic rings. The molecule has 1 aliphatic heterocycles. The summed E-state index contributed by atoms with van der Waals surface area (Å²) < 4.78 is 0. The Labute approximate surface area is 214 Å². The molecule has 1 atom stereocenters. The summed E-state index contributed by atoms with van der Waals surface area (Å²) in [5.74, 6) is -0.961. The van der Waals surface area contributed by atoms with Crippen LogP contribution < -0.4 is 15.5 Å². The van der Waals surface area contributed by atoms with Crippen LogP contribution in [0.25, 0.3) is 11.0 Å². The van der Waals surface area contributed by atoms with E-state index >= 15 is 0 Å². The van der Waals surface area contributed by atoms with Gasteiger partial charge >= 0.3 is 5.97 Å². The molecule has 3 aromatic rings. The molecular formula is C26H30ClN5O4. The van der Waals surface area contributed by atoms with E-state index in [1.807, 2.05) is 24.3 Å². The van der Waals surface area contributed by atoms with Crippen molar-refractivity contribution in [3.05, 3.63) is 53.1 Å². The minimum atomic E-state index is -0.933. The summed E-state index contributed by atoms with van der Waals surface area (Å²) in [5.41, 5.74) is 3.17. The maximum Gasteiger partial charge on any atom is 0.303 e. The Morgan fingerprint density at radius 2 is 1.94 bits per heavy atom. The van der Waals surface area contributed by atoms with Crippen LogP contribution in [0.15, 0.2) is 42.5 Å². The molecule has 2 amide bonds. The number of amides is 2. The van der Waals surface area contributed by atoms with Gasteiger partial charge in [0.25, 0.3) is 0 Å². The lowest BCUT2D eigenvalue weighted by molar-refractivity contribution is -0.137. The summed E-state index contributed by atoms with van der Waals surface area (Å²) in [7, 11) is 0. The number of aromatic nitrogens is 2. The van der Waals surface area contributed by atoms with Gasteiger partial charge in [0.15, 0.2) is 0 Å². The molecule has 1 aromatic heterocycles. The Kier molecular flexibility index (Phi) is 8.43. The summed E-state index contributed by atoms with van der Waals surface area (Å²) >= 11 is 6.16. The van der Waals surface area contributed by atoms with Gasteiger partial charge in [-0.15, -0.1) is 0 Å². The molecule has 190 valence electrons. The van der Waals surface area contributed by atoms with E-state index in [2.05, 4.69) is 20.6 Å². The van der Waals surface area contributed by atoms with Gasteiger partial charge in [-0.05, 0) is 67.5 Å². The second kappa shape index (κ2) is 11.9. The highest BCUT2D eigenvalue weighted by atomic mass is 35.5. The fraction of sp³-hybridized carbons (Fsp3) is 0.385. The lowest BCUT2D eigenvalue weighted by atomic mass is 9.91. The Morgan fingerprint density at radius 1 is 1.14 bits per heavy atom. The summed E-state index contributed by atoms with van der Waals surface area (Å²) in [5, 5.41) is 15.9. The van der Waals surface area contributed by atoms with E-state index < -0.39 is 5.97 Å². The maximum absolute atomic E-state index is 12.8. The molecule has 2 aromatic carbocycles. The number of benzene rings is 2. The molecule has 0 bridgehead atoms. The standard InChI is InChI=1S/C26H30ClN5O4/c27-18-9-10-22-19(15-18)17(14-25(35)36)8-11-24(34)32(22)16-23(33)28-12-4-1-5-13-29-26-30-20-6-2-3-7-21(20)31-26/h2-3,6-7,9-10,15,17H,1,4-5,8,11-14,16H2,(H,28,33)(H,35,36)(H2,29,30,31). The number of nitrogens with one attached hydrogen (secondary N) is 3. The fourth-order valence-corrected chi connectivity index (χ4v) is 4.69. The summed E-state index contributed by atoms with van der Waals surface area (Å²) in [6.07, 6.45) is 3.15. The molecule has 10 heteroatoms. The number of carboxylic acids is 1. The van der Waals surface area contributed by atoms with Crippen LogP contribution in [-0.2, 0) is 14.4 Å². The molecule has 0 fully saturated rings. The molecule has 9 nitrogen and oxygen atoms in total. The normalized spacial score (nSPS) is 15.4. The number of rotatable bonds is 11. The lowest BCUT2D eigenvalue weighted by Gasteiger charge is -2.24. The first-order valence-electron chi connectivity index (χ1n) is 12.2. The van der Waals surface area contributed by atoms with Crippen LogP contribution >= 0.6 is 11.6 Å². The van der Waals surface area contributed by atoms with E-state index in [1.54, 1.807) is 18.2 Å². The topological polar surface area (TPSA) is 127 Å². The number of aromatic amines is 1. The first-order valence-corrected chi connectivity index (χ1v) is 12.6. The molecule has 0 spiro atoms. The molecule has 4 rings (SSSR count). The van der Waals surface area contributed by atoms with E-state index in [1.165, 1.54) is 4.90 Å². The Bertz CT molecular complexity index is 1210. The van der Waals surface area contributed by atoms with Crippen LogP contribution in [0, 0.1) is 0 Å². The van der Waals surface area contributed by atoms with Gasteiger partial charge in [-0.2, -0.15) is 0 Å². The summed E-state index contributed by atoms with van der Waals surface area (Å²) in [4.78, 5) is 45.9. The fourth-order valence-electron chi connectivity index (χ4n) is 4.51. The van der Waals surface area contributed by atoms with Gasteiger partial charge < -0.3 is 25.6 Å². The number of nitrogens with zero attached hydrogens (tertiary/aromatic N) is 2. The number of hydrogen-bond acceptors (Lipinski definition) is 5. The van der Waals surface area contributed by atoms with Crippen molar-refractivity contribution in [3.63, 3.8) is 0 Å². The summed E-state index contributed by atoms with van der Waals surface area (Å²) in [6, 6.07) is 12.9. The van der Waals surface area contributed by atoms with E-state index in [0.29, 0.717) is 29.2 Å². The molecule has 0 saturated heterocycles. The molecule has 2 heterocycles. The first-order chi connectivity index (χ1) is 17.4. The van der Waals surface area contributed by atoms with Crippen LogP contribution in [0.5, 0.6) is 0 Å². The van der Waals surface area contributed by atoms with Crippen LogP contribution in [0.4, 0.5) is 11.6 Å². The number of carbonyl (C=O) groups is 3. The van der Waals surface area contributed by atoms with Crippen LogP contribution in [0.3, 0.4) is 0 Å². The van der Waals surface area contributed by atoms with E-state index in [-0.39, 0.29) is 37.1 Å². The highest BCUT2D eigenvalue weighted by Crippen LogP contribution is 2.38. The monoisotopic (exact) mass is 511 g/mol. The predicted octanol–water partition coefficient (Wildman–Crippen LogP) is 4.30. The summed E-state index contributed by atoms with van der Waals surface area (Å²) in [6.45, 7) is 1.17. The van der Waals surface area contributed by atoms with Gasteiger partial charge in [0, 0.05) is 30.2 Å². The second-order valence-corrected chi connectivity index (χ2v) is 9.39. The van der Waals surface area contributed by atoms with Gasteiger partial charge in [-0.3, -0.25) is 14.4 Å². The molecule has 0 radical (unpaired) electrons. The van der Waals surface area contributed by atoms with Crippen LogP contribution in [0.2, 0.25) is 5.02 Å². The lowest BCUT2D eigenvalue weighted by Crippen LogP contribution is -2.41. The number of imidazole rings is 1. The second-order valence-electron chi connectivity index (χ2n) is 8.96. The van der Waals surface area contributed by atoms with Gasteiger partial charge in [-0.25, -0.2) is 4.98 Å². The minimum Gasteiger partial charge on any atom is -0.481 e. The highest BCUT2D eigenvalue weighted by molar-refractivity contribution is 6.30. The van der Waals surface area contributed by atoms with Crippen molar-refractivity contribution in [3.8, 4) is 0 Å². The number of hydrogen-bond donors (Lipinski definition) is 4. The third-order valence-electron chi connectivity index (χ3n) is 6.31. The van der Waals surface area contributed by atoms with E-state index in [9.17, 15) is 19.5 Å². The Hall–Kier alpha value is -3.59. The molecule has 0 aliphatic carbocycles. The number of unbranched alkanes of at least 4 members (excludes halogenated alkanes) is 2. The first kappa shape index (κ1) is 25.5. The van der Waals surface area contributed by atoms with Gasteiger partial charge in [-0.1, -0.05) is 23.7 Å². The number of H-pyrrole nitrogens is 1. The zero-order chi connectivity index (χ0) is 25.5.